The number of rotatable bonds is 52. The predicted molar refractivity (Wildman–Crippen MR) is 289 cm³/mol. The number of hydrogen-bond acceptors (Lipinski definition) is 7. The number of carbonyl (C=O) groups excluding carboxylic acids is 2. The summed E-state index contributed by atoms with van der Waals surface area (Å²) in [5, 5.41) is 0. The molecule has 0 saturated carbocycles. The van der Waals surface area contributed by atoms with E-state index in [9.17, 15) is 19.0 Å². The highest BCUT2D eigenvalue weighted by Gasteiger charge is 2.27. The van der Waals surface area contributed by atoms with E-state index in [1.54, 1.807) is 0 Å². The van der Waals surface area contributed by atoms with Crippen molar-refractivity contribution in [3.05, 3.63) is 48.6 Å². The number of unbranched alkanes of at least 4 members (excludes halogenated alkanes) is 30. The Morgan fingerprint density at radius 3 is 1.25 bits per heavy atom. The first-order valence-electron chi connectivity index (χ1n) is 28.4. The van der Waals surface area contributed by atoms with E-state index < -0.39 is 26.5 Å². The van der Waals surface area contributed by atoms with Crippen molar-refractivity contribution in [2.75, 3.05) is 47.5 Å². The molecule has 0 aliphatic rings. The minimum atomic E-state index is -4.38. The molecule has 0 saturated heterocycles. The Bertz CT molecular complexity index is 1290. The van der Waals surface area contributed by atoms with Gasteiger partial charge in [-0.2, -0.15) is 0 Å². The number of ether oxygens (including phenoxy) is 2. The van der Waals surface area contributed by atoms with Crippen molar-refractivity contribution in [3.8, 4) is 0 Å². The maximum absolute atomic E-state index is 12.8. The van der Waals surface area contributed by atoms with Gasteiger partial charge in [0.15, 0.2) is 6.10 Å². The smallest absolute Gasteiger partial charge is 0.462 e. The lowest BCUT2D eigenvalue weighted by molar-refractivity contribution is -0.870. The van der Waals surface area contributed by atoms with Crippen molar-refractivity contribution in [1.29, 1.82) is 0 Å². The predicted octanol–water partition coefficient (Wildman–Crippen LogP) is 17.4. The zero-order chi connectivity index (χ0) is 49.9. The first-order valence-corrected chi connectivity index (χ1v) is 29.9. The summed E-state index contributed by atoms with van der Waals surface area (Å²) in [7, 11) is 1.49. The lowest BCUT2D eigenvalue weighted by Gasteiger charge is -2.24. The molecule has 0 aromatic carbocycles. The number of esters is 2. The fourth-order valence-corrected chi connectivity index (χ4v) is 8.75. The maximum Gasteiger partial charge on any atom is 0.472 e. The Morgan fingerprint density at radius 1 is 0.471 bits per heavy atom. The molecule has 0 rings (SSSR count). The molecule has 0 heterocycles. The molecule has 398 valence electrons. The first-order chi connectivity index (χ1) is 33.0. The minimum absolute atomic E-state index is 0.0339. The molecule has 0 amide bonds. The van der Waals surface area contributed by atoms with Crippen LogP contribution in [-0.4, -0.2) is 74.9 Å². The molecule has 2 unspecified atom stereocenters. The van der Waals surface area contributed by atoms with Gasteiger partial charge in [-0.15, -0.1) is 0 Å². The van der Waals surface area contributed by atoms with Crippen molar-refractivity contribution < 1.29 is 42.1 Å². The van der Waals surface area contributed by atoms with Crippen LogP contribution in [0.4, 0.5) is 0 Å². The monoisotopic (exact) mass is 979 g/mol. The number of likely N-dealkylation sites (N-methyl/N-ethyl adjacent to an activating group) is 1. The fourth-order valence-electron chi connectivity index (χ4n) is 8.01. The van der Waals surface area contributed by atoms with Gasteiger partial charge in [0.25, 0.3) is 0 Å². The van der Waals surface area contributed by atoms with Crippen molar-refractivity contribution in [2.24, 2.45) is 0 Å². The van der Waals surface area contributed by atoms with E-state index in [0.717, 1.165) is 57.8 Å². The molecule has 0 spiro atoms. The molecule has 9 nitrogen and oxygen atoms in total. The molecule has 2 atom stereocenters. The Morgan fingerprint density at radius 2 is 0.838 bits per heavy atom. The number of hydrogen-bond donors (Lipinski definition) is 1. The molecule has 0 aromatic heterocycles. The second kappa shape index (κ2) is 49.9. The number of nitrogens with zero attached hydrogens (tertiary/aromatic N) is 1. The summed E-state index contributed by atoms with van der Waals surface area (Å²) in [5.41, 5.74) is 0. The van der Waals surface area contributed by atoms with E-state index in [1.165, 1.54) is 167 Å². The van der Waals surface area contributed by atoms with Crippen LogP contribution in [0.2, 0.25) is 0 Å². The highest BCUT2D eigenvalue weighted by atomic mass is 31.2. The van der Waals surface area contributed by atoms with E-state index >= 15 is 0 Å². The lowest BCUT2D eigenvalue weighted by Crippen LogP contribution is -2.37. The summed E-state index contributed by atoms with van der Waals surface area (Å²) < 4.78 is 34.5. The van der Waals surface area contributed by atoms with E-state index in [1.807, 2.05) is 21.1 Å². The second-order valence-corrected chi connectivity index (χ2v) is 21.8. The highest BCUT2D eigenvalue weighted by molar-refractivity contribution is 7.47. The Labute approximate surface area is 420 Å². The Balaban J connectivity index is 3.97. The first kappa shape index (κ1) is 66.0. The molecule has 0 bridgehead atoms. The van der Waals surface area contributed by atoms with Crippen LogP contribution in [0.3, 0.4) is 0 Å². The SMILES string of the molecule is CC/C=C\C/C=C\C/C=C\C/C=C\CCCCCCCCCCCCCCCCCCCCCCC(=O)OC(COC(=O)CCCCCCCCCCCCC)COP(=O)(O)OCC[N+](C)(C)C. The minimum Gasteiger partial charge on any atom is -0.462 e. The van der Waals surface area contributed by atoms with Crippen LogP contribution in [0.1, 0.15) is 258 Å². The normalized spacial score (nSPS) is 13.7. The van der Waals surface area contributed by atoms with Crippen LogP contribution in [0.15, 0.2) is 48.6 Å². The Kier molecular flexibility index (Phi) is 48.4. The van der Waals surface area contributed by atoms with Gasteiger partial charge in [0.05, 0.1) is 27.7 Å². The Hall–Kier alpha value is -2.03. The van der Waals surface area contributed by atoms with Gasteiger partial charge in [-0.3, -0.25) is 18.6 Å². The van der Waals surface area contributed by atoms with Gasteiger partial charge in [0.2, 0.25) is 0 Å². The van der Waals surface area contributed by atoms with Crippen LogP contribution in [0, 0.1) is 0 Å². The van der Waals surface area contributed by atoms with Crippen molar-refractivity contribution in [2.45, 2.75) is 264 Å². The van der Waals surface area contributed by atoms with Crippen molar-refractivity contribution in [3.63, 3.8) is 0 Å². The van der Waals surface area contributed by atoms with E-state index in [2.05, 4.69) is 62.5 Å². The third-order valence-corrected chi connectivity index (χ3v) is 13.4. The maximum atomic E-state index is 12.8. The standard InChI is InChI=1S/C58H108NO8P/c1-6-8-10-12-14-16-18-19-20-21-22-23-24-25-26-27-28-29-30-31-32-33-34-35-36-37-38-39-41-43-45-47-49-51-58(61)67-56(55-66-68(62,63)65-53-52-59(3,4)5)54-64-57(60)50-48-46-44-42-40-17-15-13-11-9-7-2/h8,10,14,16,19-20,22-23,56H,6-7,9,11-13,15,17-18,21,24-55H2,1-5H3/p+1/b10-8-,16-14-,20-19-,23-22-. The molecule has 68 heavy (non-hydrogen) atoms. The van der Waals surface area contributed by atoms with Gasteiger partial charge in [0, 0.05) is 12.8 Å². The van der Waals surface area contributed by atoms with Crippen LogP contribution in [-0.2, 0) is 32.7 Å². The number of phosphoric acid groups is 1. The van der Waals surface area contributed by atoms with E-state index in [-0.39, 0.29) is 25.6 Å². The van der Waals surface area contributed by atoms with Crippen LogP contribution in [0.25, 0.3) is 0 Å². The van der Waals surface area contributed by atoms with Gasteiger partial charge in [0.1, 0.15) is 19.8 Å². The largest absolute Gasteiger partial charge is 0.472 e. The summed E-state index contributed by atoms with van der Waals surface area (Å²) in [6.07, 6.45) is 62.0. The summed E-state index contributed by atoms with van der Waals surface area (Å²) >= 11 is 0. The van der Waals surface area contributed by atoms with Crippen LogP contribution in [0.5, 0.6) is 0 Å². The molecular weight excluding hydrogens is 870 g/mol. The number of phosphoric ester groups is 1. The molecular formula is C58H109NO8P+. The topological polar surface area (TPSA) is 108 Å². The van der Waals surface area contributed by atoms with Gasteiger partial charge in [-0.05, 0) is 51.4 Å². The van der Waals surface area contributed by atoms with Gasteiger partial charge in [-0.1, -0.05) is 242 Å². The third-order valence-electron chi connectivity index (χ3n) is 12.4. The average molecular weight is 979 g/mol. The van der Waals surface area contributed by atoms with Crippen molar-refractivity contribution in [1.82, 2.24) is 0 Å². The number of carbonyl (C=O) groups is 2. The van der Waals surface area contributed by atoms with Crippen LogP contribution >= 0.6 is 7.82 Å². The zero-order valence-electron chi connectivity index (χ0n) is 45.1. The molecule has 0 aromatic rings. The summed E-state index contributed by atoms with van der Waals surface area (Å²) in [6.45, 7) is 4.34. The fraction of sp³-hybridized carbons (Fsp3) is 0.828. The molecule has 0 fully saturated rings. The van der Waals surface area contributed by atoms with E-state index in [0.29, 0.717) is 23.9 Å². The summed E-state index contributed by atoms with van der Waals surface area (Å²) in [5.74, 6) is -0.787. The molecule has 1 N–H and O–H groups in total. The van der Waals surface area contributed by atoms with Gasteiger partial charge in [-0.25, -0.2) is 4.57 Å². The molecule has 0 radical (unpaired) electrons. The average Bonchev–Trinajstić information content (AvgIpc) is 3.30. The van der Waals surface area contributed by atoms with Gasteiger partial charge >= 0.3 is 19.8 Å². The quantitative estimate of drug-likeness (QED) is 0.0211. The summed E-state index contributed by atoms with van der Waals surface area (Å²) in [4.78, 5) is 35.5. The third kappa shape index (κ3) is 53.3. The van der Waals surface area contributed by atoms with Crippen molar-refractivity contribution >= 4 is 19.8 Å². The van der Waals surface area contributed by atoms with Gasteiger partial charge < -0.3 is 18.9 Å². The van der Waals surface area contributed by atoms with E-state index in [4.69, 9.17) is 18.5 Å². The highest BCUT2D eigenvalue weighted by Crippen LogP contribution is 2.43. The van der Waals surface area contributed by atoms with Crippen LogP contribution < -0.4 is 0 Å². The molecule has 0 aliphatic carbocycles. The molecule has 0 aliphatic heterocycles. The number of allylic oxidation sites excluding steroid dienone is 8. The second-order valence-electron chi connectivity index (χ2n) is 20.3. The lowest BCUT2D eigenvalue weighted by atomic mass is 10.0. The summed E-state index contributed by atoms with van der Waals surface area (Å²) in [6, 6.07) is 0. The zero-order valence-corrected chi connectivity index (χ0v) is 46.0. The molecule has 10 heteroatoms. The number of quaternary nitrogens is 1.